The molecule has 0 aliphatic carbocycles. The summed E-state index contributed by atoms with van der Waals surface area (Å²) in [4.78, 5) is 36.3. The van der Waals surface area contributed by atoms with Gasteiger partial charge in [-0.1, -0.05) is 37.3 Å². The Morgan fingerprint density at radius 3 is 2.59 bits per heavy atom. The van der Waals surface area contributed by atoms with Gasteiger partial charge in [0.25, 0.3) is 5.91 Å². The highest BCUT2D eigenvalue weighted by molar-refractivity contribution is 6.02. The van der Waals surface area contributed by atoms with Crippen LogP contribution in [-0.4, -0.2) is 32.5 Å². The maximum Gasteiger partial charge on any atom is 0.332 e. The van der Waals surface area contributed by atoms with Gasteiger partial charge in [-0.2, -0.15) is 0 Å². The Kier molecular flexibility index (Phi) is 4.59. The average Bonchev–Trinajstić information content (AvgIpc) is 3.08. The maximum atomic E-state index is 12.7. The molecule has 0 unspecified atom stereocenters. The quantitative estimate of drug-likeness (QED) is 0.544. The van der Waals surface area contributed by atoms with Crippen LogP contribution in [0.15, 0.2) is 53.3 Å². The number of methoxy groups -OCH3 is 1. The first kappa shape index (κ1) is 18.4. The minimum absolute atomic E-state index is 0.0386. The second-order valence-electron chi connectivity index (χ2n) is 6.48. The molecule has 29 heavy (non-hydrogen) atoms. The van der Waals surface area contributed by atoms with E-state index in [9.17, 15) is 9.59 Å². The van der Waals surface area contributed by atoms with Crippen LogP contribution in [0.4, 0.5) is 0 Å². The zero-order chi connectivity index (χ0) is 20.5. The van der Waals surface area contributed by atoms with E-state index in [-0.39, 0.29) is 16.9 Å². The average molecular weight is 389 g/mol. The largest absolute Gasteiger partial charge is 0.497 e. The highest BCUT2D eigenvalue weighted by atomic mass is 16.5. The van der Waals surface area contributed by atoms with Gasteiger partial charge < -0.3 is 15.5 Å². The molecule has 8 heteroatoms. The number of benzene rings is 2. The Balaban J connectivity index is 2.00. The van der Waals surface area contributed by atoms with Crippen LogP contribution in [0.1, 0.15) is 23.0 Å². The number of H-pyrrole nitrogens is 1. The Morgan fingerprint density at radius 2 is 1.93 bits per heavy atom. The number of carbonyl (C=O) groups is 1. The number of aromatic nitrogens is 4. The van der Waals surface area contributed by atoms with Crippen molar-refractivity contribution in [2.75, 3.05) is 7.11 Å². The van der Waals surface area contributed by atoms with Crippen LogP contribution in [0.3, 0.4) is 0 Å². The minimum Gasteiger partial charge on any atom is -0.497 e. The first-order valence-corrected chi connectivity index (χ1v) is 9.08. The van der Waals surface area contributed by atoms with E-state index in [1.807, 2.05) is 24.3 Å². The highest BCUT2D eigenvalue weighted by Gasteiger charge is 2.20. The summed E-state index contributed by atoms with van der Waals surface area (Å²) in [6.45, 7) is 2.06. The number of aryl methyl sites for hydroxylation is 1. The van der Waals surface area contributed by atoms with Crippen LogP contribution in [0.5, 0.6) is 5.75 Å². The monoisotopic (exact) mass is 389 g/mol. The molecule has 0 spiro atoms. The van der Waals surface area contributed by atoms with E-state index in [0.717, 1.165) is 12.0 Å². The maximum absolute atomic E-state index is 12.7. The lowest BCUT2D eigenvalue weighted by molar-refractivity contribution is 0.0997. The summed E-state index contributed by atoms with van der Waals surface area (Å²) in [6.07, 6.45) is 0.903. The van der Waals surface area contributed by atoms with Gasteiger partial charge in [0, 0.05) is 11.6 Å². The summed E-state index contributed by atoms with van der Waals surface area (Å²) in [7, 11) is 1.54. The molecule has 0 radical (unpaired) electrons. The number of hydrogen-bond acceptors (Lipinski definition) is 5. The highest BCUT2D eigenvalue weighted by Crippen LogP contribution is 2.23. The van der Waals surface area contributed by atoms with Crippen molar-refractivity contribution in [3.8, 4) is 22.8 Å². The lowest BCUT2D eigenvalue weighted by atomic mass is 10.1. The van der Waals surface area contributed by atoms with Gasteiger partial charge in [-0.25, -0.2) is 19.3 Å². The molecule has 0 bridgehead atoms. The van der Waals surface area contributed by atoms with Crippen LogP contribution < -0.4 is 16.2 Å². The van der Waals surface area contributed by atoms with Crippen LogP contribution >= 0.6 is 0 Å². The summed E-state index contributed by atoms with van der Waals surface area (Å²) in [5, 5.41) is 0. The molecule has 8 nitrogen and oxygen atoms in total. The number of nitrogens with zero attached hydrogens (tertiary/aromatic N) is 3. The summed E-state index contributed by atoms with van der Waals surface area (Å²) in [5.41, 5.74) is 7.93. The topological polar surface area (TPSA) is 116 Å². The first-order chi connectivity index (χ1) is 14.0. The Morgan fingerprint density at radius 1 is 1.17 bits per heavy atom. The summed E-state index contributed by atoms with van der Waals surface area (Å²) in [6, 6.07) is 14.7. The third-order valence-electron chi connectivity index (χ3n) is 4.70. The van der Waals surface area contributed by atoms with E-state index >= 15 is 0 Å². The van der Waals surface area contributed by atoms with E-state index in [0.29, 0.717) is 17.3 Å². The lowest BCUT2D eigenvalue weighted by Crippen LogP contribution is -2.15. The number of rotatable bonds is 5. The molecule has 1 amide bonds. The van der Waals surface area contributed by atoms with Crippen molar-refractivity contribution in [3.05, 3.63) is 70.3 Å². The predicted molar refractivity (Wildman–Crippen MR) is 109 cm³/mol. The third kappa shape index (κ3) is 3.25. The second-order valence-corrected chi connectivity index (χ2v) is 6.48. The Hall–Kier alpha value is -3.94. The molecular weight excluding hydrogens is 370 g/mol. The summed E-state index contributed by atoms with van der Waals surface area (Å²) >= 11 is 0. The van der Waals surface area contributed by atoms with Crippen LogP contribution in [0.2, 0.25) is 0 Å². The Bertz CT molecular complexity index is 1270. The zero-order valence-corrected chi connectivity index (χ0v) is 16.0. The molecule has 0 aliphatic heterocycles. The number of nitrogens with one attached hydrogen (secondary N) is 1. The fourth-order valence-electron chi connectivity index (χ4n) is 3.17. The third-order valence-corrected chi connectivity index (χ3v) is 4.70. The van der Waals surface area contributed by atoms with Crippen molar-refractivity contribution in [1.29, 1.82) is 0 Å². The van der Waals surface area contributed by atoms with E-state index in [2.05, 4.69) is 21.9 Å². The van der Waals surface area contributed by atoms with Crippen molar-refractivity contribution in [1.82, 2.24) is 19.5 Å². The van der Waals surface area contributed by atoms with Crippen molar-refractivity contribution in [2.45, 2.75) is 13.3 Å². The fraction of sp³-hybridized carbons (Fsp3) is 0.143. The van der Waals surface area contributed by atoms with Crippen molar-refractivity contribution in [2.24, 2.45) is 5.73 Å². The molecule has 3 N–H and O–H groups in total. The molecule has 2 heterocycles. The molecule has 0 saturated heterocycles. The van der Waals surface area contributed by atoms with Gasteiger partial charge in [-0.3, -0.25) is 4.79 Å². The van der Waals surface area contributed by atoms with Crippen LogP contribution in [0.25, 0.3) is 28.2 Å². The van der Waals surface area contributed by atoms with Crippen molar-refractivity contribution in [3.63, 3.8) is 0 Å². The molecular formula is C21H19N5O3. The first-order valence-electron chi connectivity index (χ1n) is 9.08. The minimum atomic E-state index is -0.747. The molecule has 4 aromatic rings. The Labute approximate surface area is 166 Å². The van der Waals surface area contributed by atoms with Gasteiger partial charge in [-0.15, -0.1) is 0 Å². The van der Waals surface area contributed by atoms with Gasteiger partial charge in [0.2, 0.25) is 0 Å². The second kappa shape index (κ2) is 7.23. The van der Waals surface area contributed by atoms with E-state index in [1.54, 1.807) is 31.4 Å². The lowest BCUT2D eigenvalue weighted by Gasteiger charge is -2.08. The smallest absolute Gasteiger partial charge is 0.332 e. The number of amides is 1. The summed E-state index contributed by atoms with van der Waals surface area (Å²) in [5.74, 6) is 0.149. The number of hydrogen-bond donors (Lipinski definition) is 2. The van der Waals surface area contributed by atoms with Gasteiger partial charge in [0.15, 0.2) is 17.2 Å². The predicted octanol–water partition coefficient (Wildman–Crippen LogP) is 2.45. The molecule has 4 rings (SSSR count). The van der Waals surface area contributed by atoms with Gasteiger partial charge >= 0.3 is 5.69 Å². The number of imidazole rings is 1. The van der Waals surface area contributed by atoms with Gasteiger partial charge in [0.1, 0.15) is 11.3 Å². The summed E-state index contributed by atoms with van der Waals surface area (Å²) < 4.78 is 6.62. The normalized spacial score (nSPS) is 11.0. The number of aromatic amines is 1. The molecule has 0 fully saturated rings. The van der Waals surface area contributed by atoms with Crippen molar-refractivity contribution < 1.29 is 9.53 Å². The molecule has 146 valence electrons. The van der Waals surface area contributed by atoms with Crippen molar-refractivity contribution >= 4 is 17.1 Å². The van der Waals surface area contributed by atoms with Gasteiger partial charge in [-0.05, 0) is 24.1 Å². The molecule has 2 aromatic heterocycles. The standard InChI is InChI=1S/C21H19N5O3/c1-3-12-7-9-13(10-8-12)19-23-16(18(22)27)17-20(25-19)26(21(28)24-17)14-5-4-6-15(11-14)29-2/h4-11H,3H2,1-2H3,(H2,22,27)(H,24,28). The molecule has 0 saturated carbocycles. The zero-order valence-electron chi connectivity index (χ0n) is 16.0. The van der Waals surface area contributed by atoms with E-state index in [4.69, 9.17) is 10.5 Å². The molecule has 2 aromatic carbocycles. The van der Waals surface area contributed by atoms with Gasteiger partial charge in [0.05, 0.1) is 12.8 Å². The van der Waals surface area contributed by atoms with E-state index < -0.39 is 11.6 Å². The SMILES string of the molecule is CCc1ccc(-c2nc(C(N)=O)c3[nH]c(=O)n(-c4cccc(OC)c4)c3n2)cc1. The number of nitrogens with two attached hydrogens (primary N) is 1. The number of fused-ring (bicyclic) bond motifs is 1. The van der Waals surface area contributed by atoms with E-state index in [1.165, 1.54) is 10.1 Å². The van der Waals surface area contributed by atoms with Crippen LogP contribution in [0, 0.1) is 0 Å². The number of ether oxygens (including phenoxy) is 1. The molecule has 0 atom stereocenters. The number of carbonyl (C=O) groups excluding carboxylic acids is 1. The van der Waals surface area contributed by atoms with Crippen LogP contribution in [-0.2, 0) is 6.42 Å². The fourth-order valence-corrected chi connectivity index (χ4v) is 3.17. The number of primary amides is 1. The molecule has 0 aliphatic rings.